The number of aliphatic hydroxyl groups excluding tert-OH is 1. The zero-order valence-corrected chi connectivity index (χ0v) is 43.4. The third-order valence-electron chi connectivity index (χ3n) is 14.6. The molecule has 5 bridgehead atoms. The number of hydrogen-bond donors (Lipinski definition) is 6. The van der Waals surface area contributed by atoms with Crippen LogP contribution in [0.1, 0.15) is 115 Å². The fraction of sp³-hybridized carbons (Fsp3) is 0.518. The van der Waals surface area contributed by atoms with Crippen molar-refractivity contribution in [1.29, 1.82) is 0 Å². The van der Waals surface area contributed by atoms with Gasteiger partial charge in [-0.05, 0) is 81.3 Å². The van der Waals surface area contributed by atoms with Crippen molar-refractivity contribution in [3.05, 3.63) is 106 Å². The third-order valence-corrected chi connectivity index (χ3v) is 14.6. The van der Waals surface area contributed by atoms with Crippen molar-refractivity contribution in [2.24, 2.45) is 51.2 Å². The zero-order chi connectivity index (χ0) is 52.2. The first-order valence-electron chi connectivity index (χ1n) is 25.5. The maximum Gasteiger partial charge on any atom is 0.327 e. The number of allylic oxidation sites excluding steroid dienone is 5. The lowest BCUT2D eigenvalue weighted by atomic mass is 9.80. The number of Topliss-reactive ketones (excluding diaryl/α,β-unsaturated/α-hetero) is 1. The van der Waals surface area contributed by atoms with Gasteiger partial charge in [-0.1, -0.05) is 90.1 Å². The molecule has 3 aromatic rings. The van der Waals surface area contributed by atoms with Gasteiger partial charge in [0.1, 0.15) is 35.2 Å². The lowest BCUT2D eigenvalue weighted by molar-refractivity contribution is -0.159. The average molecular weight is 990 g/mol. The van der Waals surface area contributed by atoms with Crippen molar-refractivity contribution in [2.75, 3.05) is 31.5 Å². The third kappa shape index (κ3) is 11.7. The van der Waals surface area contributed by atoms with E-state index in [-0.39, 0.29) is 74.1 Å². The van der Waals surface area contributed by atoms with Crippen LogP contribution in [0.15, 0.2) is 88.4 Å². The Morgan fingerprint density at radius 2 is 1.72 bits per heavy atom. The topological polar surface area (TPSA) is 235 Å². The Morgan fingerprint density at radius 1 is 1.03 bits per heavy atom. The number of phenolic OH excluding ortho intramolecular Hbond substituents is 2. The molecule has 0 aliphatic carbocycles. The van der Waals surface area contributed by atoms with E-state index in [1.165, 1.54) is 30.0 Å². The summed E-state index contributed by atoms with van der Waals surface area (Å²) < 4.78 is 18.7. The van der Waals surface area contributed by atoms with Gasteiger partial charge in [0.25, 0.3) is 11.7 Å². The Balaban J connectivity index is 1.21. The molecule has 72 heavy (non-hydrogen) atoms. The molecule has 5 aliphatic heterocycles. The molecule has 1 spiro atoms. The minimum absolute atomic E-state index is 0.0164. The number of phenols is 2. The van der Waals surface area contributed by atoms with E-state index >= 15 is 0 Å². The van der Waals surface area contributed by atoms with E-state index in [2.05, 4.69) is 36.2 Å². The van der Waals surface area contributed by atoms with Crippen molar-refractivity contribution in [2.45, 2.75) is 131 Å². The molecular weight excluding hydrogens is 915 g/mol. The van der Waals surface area contributed by atoms with Crippen LogP contribution in [0.3, 0.4) is 0 Å². The van der Waals surface area contributed by atoms with Crippen molar-refractivity contribution >= 4 is 34.1 Å². The smallest absolute Gasteiger partial charge is 0.327 e. The molecule has 8 rings (SSSR count). The van der Waals surface area contributed by atoms with E-state index in [4.69, 9.17) is 35.8 Å². The molecule has 1 fully saturated rings. The molecule has 0 radical (unpaired) electrons. The zero-order valence-electron chi connectivity index (χ0n) is 43.4. The number of ketones is 1. The molecule has 5 aliphatic rings. The van der Waals surface area contributed by atoms with Crippen molar-refractivity contribution in [3.63, 3.8) is 0 Å². The Bertz CT molecular complexity index is 2780. The summed E-state index contributed by atoms with van der Waals surface area (Å²) in [5.41, 5.74) is 7.64. The van der Waals surface area contributed by atoms with Gasteiger partial charge in [0.05, 0.1) is 28.7 Å². The summed E-state index contributed by atoms with van der Waals surface area (Å²) in [5.74, 6) is 1.25. The van der Waals surface area contributed by atoms with Gasteiger partial charge in [0, 0.05) is 73.7 Å². The first-order valence-corrected chi connectivity index (χ1v) is 25.5. The molecule has 2 unspecified atom stereocenters. The first kappa shape index (κ1) is 53.6. The van der Waals surface area contributed by atoms with Gasteiger partial charge in [-0.25, -0.2) is 5.84 Å². The molecule has 16 nitrogen and oxygen atoms in total. The molecule has 7 atom stereocenters. The number of fused-ring (bicyclic) bond motifs is 13. The summed E-state index contributed by atoms with van der Waals surface area (Å²) >= 11 is 0. The maximum absolute atomic E-state index is 14.8. The minimum Gasteiger partial charge on any atom is -0.507 e. The summed E-state index contributed by atoms with van der Waals surface area (Å²) in [6.45, 7) is 18.9. The number of anilines is 1. The van der Waals surface area contributed by atoms with Gasteiger partial charge in [0.15, 0.2) is 11.4 Å². The van der Waals surface area contributed by atoms with Gasteiger partial charge < -0.3 is 50.5 Å². The van der Waals surface area contributed by atoms with E-state index in [9.17, 15) is 29.7 Å². The van der Waals surface area contributed by atoms with Crippen molar-refractivity contribution in [3.8, 4) is 17.2 Å². The van der Waals surface area contributed by atoms with Crippen LogP contribution in [0.2, 0.25) is 0 Å². The van der Waals surface area contributed by atoms with E-state index < -0.39 is 53.0 Å². The summed E-state index contributed by atoms with van der Waals surface area (Å²) in [7, 11) is 0. The Hall–Kier alpha value is -6.23. The van der Waals surface area contributed by atoms with Crippen LogP contribution in [0.4, 0.5) is 5.69 Å². The normalized spacial score (nSPS) is 27.6. The maximum atomic E-state index is 14.8. The molecule has 0 saturated carbocycles. The number of carbonyl (C=O) groups is 3. The van der Waals surface area contributed by atoms with Crippen LogP contribution in [0.25, 0.3) is 10.8 Å². The molecule has 0 aromatic heterocycles. The highest BCUT2D eigenvalue weighted by Gasteiger charge is 2.50. The second-order valence-corrected chi connectivity index (χ2v) is 21.2. The lowest BCUT2D eigenvalue weighted by Gasteiger charge is -2.36. The minimum atomic E-state index is -1.91. The largest absolute Gasteiger partial charge is 0.507 e. The number of ether oxygens (including phenoxy) is 3. The number of amides is 1. The van der Waals surface area contributed by atoms with E-state index in [0.29, 0.717) is 62.4 Å². The lowest BCUT2D eigenvalue weighted by Crippen LogP contribution is -2.43. The number of nitrogens with two attached hydrogens (primary N) is 2. The molecule has 3 aromatic carbocycles. The number of rotatable bonds is 10. The van der Waals surface area contributed by atoms with Crippen LogP contribution in [-0.4, -0.2) is 92.7 Å². The Kier molecular flexibility index (Phi) is 16.6. The van der Waals surface area contributed by atoms with Crippen LogP contribution in [-0.2, 0) is 25.5 Å². The highest BCUT2D eigenvalue weighted by molar-refractivity contribution is 6.19. The number of likely N-dealkylation sites (tertiary alicyclic amines) is 1. The van der Waals surface area contributed by atoms with Crippen molar-refractivity contribution < 1.29 is 43.9 Å². The monoisotopic (exact) mass is 990 g/mol. The summed E-state index contributed by atoms with van der Waals surface area (Å²) in [5, 5.41) is 40.6. The average Bonchev–Trinajstić information content (AvgIpc) is 3.83. The molecule has 1 amide bonds. The number of hydrazine groups is 1. The predicted molar refractivity (Wildman–Crippen MR) is 277 cm³/mol. The second kappa shape index (κ2) is 22.3. The van der Waals surface area contributed by atoms with Crippen LogP contribution >= 0.6 is 0 Å². The molecular formula is C56H75N7O9. The molecule has 8 N–H and O–H groups in total. The number of carbonyl (C=O) groups excluding carboxylic acids is 3. The number of benzene rings is 3. The number of esters is 1. The summed E-state index contributed by atoms with van der Waals surface area (Å²) in [4.78, 5) is 55.2. The quantitative estimate of drug-likeness (QED) is 0.0514. The van der Waals surface area contributed by atoms with Gasteiger partial charge >= 0.3 is 11.8 Å². The van der Waals surface area contributed by atoms with E-state index in [1.807, 2.05) is 52.0 Å². The van der Waals surface area contributed by atoms with Crippen LogP contribution in [0.5, 0.6) is 17.2 Å². The molecule has 16 heteroatoms. The number of aromatic hydroxyl groups is 2. The van der Waals surface area contributed by atoms with Crippen molar-refractivity contribution in [1.82, 2.24) is 9.91 Å². The molecule has 5 heterocycles. The second-order valence-electron chi connectivity index (χ2n) is 21.2. The van der Waals surface area contributed by atoms with Gasteiger partial charge in [-0.2, -0.15) is 0 Å². The van der Waals surface area contributed by atoms with Gasteiger partial charge in [-0.15, -0.1) is 0 Å². The first-order chi connectivity index (χ1) is 34.1. The standard InChI is InChI=1S/C56H75N7O9/c1-32(2)29-62-25-23-56(24-26-62)60-45-42-43-49(66)38(8)52-44(42)53(68)55(9,72-52)70-27-15-18-34(4)51(71-41(64)31-63(58)30-40(57)22-14-21-39-19-11-10-12-20-39)37(7)48(65)36(6)28-33(3)16-13-17-35(5)54(69)59-47(50(43)67)46(45)61-56/h10-13,15-17,19-20,27,30,32-34,36-37,48,51,65-67H,14,18,21-26,28-29,31,57-58H2,1-9H3,(H,59,69)/b16-13+,27-15+,35-17-,40-30-/t33?,34-,36-,37-,48-,51-,55?/m1/s1. The van der Waals surface area contributed by atoms with Crippen LogP contribution in [0, 0.1) is 36.5 Å². The van der Waals surface area contributed by atoms with E-state index in [0.717, 1.165) is 19.4 Å². The van der Waals surface area contributed by atoms with E-state index in [1.54, 1.807) is 32.1 Å². The summed E-state index contributed by atoms with van der Waals surface area (Å²) in [6, 6.07) is 10.1. The van der Waals surface area contributed by atoms with Crippen LogP contribution < -0.4 is 32.3 Å². The molecule has 388 valence electrons. The number of hydrogen-bond acceptors (Lipinski definition) is 15. The number of nitrogens with zero attached hydrogens (tertiary/aromatic N) is 4. The fourth-order valence-electron chi connectivity index (χ4n) is 10.6. The van der Waals surface area contributed by atoms with Gasteiger partial charge in [-0.3, -0.25) is 24.4 Å². The number of aliphatic hydroxyl groups is 1. The summed E-state index contributed by atoms with van der Waals surface area (Å²) in [6.07, 6.45) is 12.6. The molecule has 1 saturated heterocycles. The number of piperidine rings is 1. The predicted octanol–water partition coefficient (Wildman–Crippen LogP) is 7.13. The Labute approximate surface area is 423 Å². The highest BCUT2D eigenvalue weighted by atomic mass is 16.7. The fourth-order valence-corrected chi connectivity index (χ4v) is 10.6. The number of nitrogens with one attached hydrogen (secondary N) is 1. The SMILES string of the molecule is C/C1=C/C=C/C(C)C[C@@H](C)[C@@H](O)[C@@H](C)[C@H](OC(=O)CN(N)/C=C(\N)CCCc2ccccc2)[C@H](C)C/C=C/OC2(C)Oc3c(C)c(O)c4c(O)c(c5c(c4c3C2=O)=NC2(CCN(CC(C)C)CC2)N=5)NC1=O. The highest BCUT2D eigenvalue weighted by Crippen LogP contribution is 2.50. The number of aryl methyl sites for hydroxylation is 1. The van der Waals surface area contributed by atoms with Gasteiger partial charge in [0.2, 0.25) is 0 Å². The Morgan fingerprint density at radius 3 is 2.42 bits per heavy atom.